The van der Waals surface area contributed by atoms with E-state index in [1.807, 2.05) is 30.3 Å². The summed E-state index contributed by atoms with van der Waals surface area (Å²) in [5.41, 5.74) is 3.48. The monoisotopic (exact) mass is 554 g/mol. The molecule has 2 aromatic rings. The predicted octanol–water partition coefficient (Wildman–Crippen LogP) is 3.24. The molecule has 9 heteroatoms. The first-order chi connectivity index (χ1) is 19.9. The molecule has 1 aromatic carbocycles. The smallest absolute Gasteiger partial charge is 0.238 e. The first kappa shape index (κ1) is 25.9. The average Bonchev–Trinajstić information content (AvgIpc) is 3.57. The Morgan fingerprint density at radius 1 is 0.927 bits per heavy atom. The number of hydrogen-bond donors (Lipinski definition) is 1. The van der Waals surface area contributed by atoms with Gasteiger partial charge in [-0.25, -0.2) is 0 Å². The molecule has 4 atom stereocenters. The SMILES string of the molecule is CC1=CC(=O)C2=C(C1=O)C(c1ccc(CO)o1)C1=CCC3C(=O)N(c4ccc(N5CCOCC5)cc4)C(=O)C3C1C2. The summed E-state index contributed by atoms with van der Waals surface area (Å²) in [7, 11) is 0. The van der Waals surface area contributed by atoms with Crippen molar-refractivity contribution in [2.45, 2.75) is 32.3 Å². The molecule has 1 N–H and O–H groups in total. The van der Waals surface area contributed by atoms with E-state index in [-0.39, 0.29) is 36.4 Å². The molecule has 210 valence electrons. The molecule has 7 rings (SSSR count). The zero-order chi connectivity index (χ0) is 28.4. The van der Waals surface area contributed by atoms with Gasteiger partial charge in [0.15, 0.2) is 11.6 Å². The molecule has 4 unspecified atom stereocenters. The number of imide groups is 1. The first-order valence-electron chi connectivity index (χ1n) is 14.1. The van der Waals surface area contributed by atoms with Crippen molar-refractivity contribution in [2.75, 3.05) is 36.1 Å². The molecule has 5 aliphatic rings. The number of benzene rings is 1. The van der Waals surface area contributed by atoms with Crippen molar-refractivity contribution in [1.29, 1.82) is 0 Å². The third kappa shape index (κ3) is 3.98. The number of nitrogens with zero attached hydrogens (tertiary/aromatic N) is 2. The van der Waals surface area contributed by atoms with Gasteiger partial charge in [0.25, 0.3) is 0 Å². The number of Topliss-reactive ketones (excluding diaryl/α,β-unsaturated/α-hetero) is 1. The van der Waals surface area contributed by atoms with Gasteiger partial charge in [-0.2, -0.15) is 0 Å². The minimum absolute atomic E-state index is 0.212. The van der Waals surface area contributed by atoms with E-state index in [1.165, 1.54) is 11.0 Å². The van der Waals surface area contributed by atoms with Crippen LogP contribution in [-0.2, 0) is 30.5 Å². The highest BCUT2D eigenvalue weighted by Gasteiger charge is 2.57. The molecule has 1 aromatic heterocycles. The summed E-state index contributed by atoms with van der Waals surface area (Å²) in [6, 6.07) is 10.8. The van der Waals surface area contributed by atoms with E-state index >= 15 is 0 Å². The van der Waals surface area contributed by atoms with Gasteiger partial charge in [0.2, 0.25) is 11.8 Å². The van der Waals surface area contributed by atoms with E-state index in [0.29, 0.717) is 53.6 Å². The van der Waals surface area contributed by atoms with Gasteiger partial charge < -0.3 is 19.2 Å². The summed E-state index contributed by atoms with van der Waals surface area (Å²) in [5.74, 6) is -2.49. The number of rotatable bonds is 4. The van der Waals surface area contributed by atoms with E-state index < -0.39 is 23.7 Å². The van der Waals surface area contributed by atoms with Crippen LogP contribution in [0.15, 0.2) is 75.3 Å². The molecule has 3 aliphatic carbocycles. The normalized spacial score (nSPS) is 28.0. The highest BCUT2D eigenvalue weighted by molar-refractivity contribution is 6.25. The third-order valence-electron chi connectivity index (χ3n) is 9.17. The zero-order valence-corrected chi connectivity index (χ0v) is 22.7. The fourth-order valence-electron chi connectivity index (χ4n) is 7.21. The van der Waals surface area contributed by atoms with Gasteiger partial charge in [-0.3, -0.25) is 24.1 Å². The maximum Gasteiger partial charge on any atom is 0.238 e. The van der Waals surface area contributed by atoms with E-state index in [4.69, 9.17) is 9.15 Å². The number of amides is 2. The van der Waals surface area contributed by atoms with E-state index in [2.05, 4.69) is 4.90 Å². The number of ketones is 2. The number of fused-ring (bicyclic) bond motifs is 3. The van der Waals surface area contributed by atoms with Crippen molar-refractivity contribution in [2.24, 2.45) is 17.8 Å². The lowest BCUT2D eigenvalue weighted by Crippen LogP contribution is -2.39. The van der Waals surface area contributed by atoms with Crippen LogP contribution in [0.5, 0.6) is 0 Å². The van der Waals surface area contributed by atoms with Gasteiger partial charge in [0.1, 0.15) is 18.1 Å². The quantitative estimate of drug-likeness (QED) is 0.348. The van der Waals surface area contributed by atoms with Crippen molar-refractivity contribution in [1.82, 2.24) is 0 Å². The lowest BCUT2D eigenvalue weighted by Gasteiger charge is -2.41. The highest BCUT2D eigenvalue weighted by Crippen LogP contribution is 2.55. The van der Waals surface area contributed by atoms with E-state index in [1.54, 1.807) is 19.1 Å². The Morgan fingerprint density at radius 2 is 1.66 bits per heavy atom. The number of carbonyl (C=O) groups excluding carboxylic acids is 4. The Morgan fingerprint density at radius 3 is 2.37 bits per heavy atom. The van der Waals surface area contributed by atoms with Gasteiger partial charge in [0.05, 0.1) is 36.7 Å². The van der Waals surface area contributed by atoms with Crippen molar-refractivity contribution >= 4 is 34.8 Å². The summed E-state index contributed by atoms with van der Waals surface area (Å²) in [4.78, 5) is 57.9. The van der Waals surface area contributed by atoms with Gasteiger partial charge in [-0.1, -0.05) is 11.6 Å². The minimum atomic E-state index is -0.658. The van der Waals surface area contributed by atoms with Crippen LogP contribution in [0, 0.1) is 17.8 Å². The van der Waals surface area contributed by atoms with Crippen LogP contribution in [0.4, 0.5) is 11.4 Å². The van der Waals surface area contributed by atoms with Crippen LogP contribution >= 0.6 is 0 Å². The Hall–Kier alpha value is -4.08. The summed E-state index contributed by atoms with van der Waals surface area (Å²) in [5, 5.41) is 9.62. The molecule has 2 saturated heterocycles. The number of aliphatic hydroxyl groups excluding tert-OH is 1. The maximum absolute atomic E-state index is 14.1. The highest BCUT2D eigenvalue weighted by atomic mass is 16.5. The summed E-state index contributed by atoms with van der Waals surface area (Å²) in [6.07, 6.45) is 3.89. The minimum Gasteiger partial charge on any atom is -0.463 e. The summed E-state index contributed by atoms with van der Waals surface area (Å²) in [6.45, 7) is 4.21. The molecular formula is C32H30N2O7. The Bertz CT molecular complexity index is 1570. The average molecular weight is 555 g/mol. The molecule has 2 aliphatic heterocycles. The molecule has 0 bridgehead atoms. The number of aliphatic hydroxyl groups is 1. The number of morpholine rings is 1. The molecule has 2 fully saturated rings. The van der Waals surface area contributed by atoms with Crippen molar-refractivity contribution in [3.05, 3.63) is 82.4 Å². The number of hydrogen-bond acceptors (Lipinski definition) is 8. The second-order valence-corrected chi connectivity index (χ2v) is 11.3. The van der Waals surface area contributed by atoms with Gasteiger partial charge in [0, 0.05) is 35.5 Å². The lowest BCUT2D eigenvalue weighted by molar-refractivity contribution is -0.123. The van der Waals surface area contributed by atoms with Crippen molar-refractivity contribution in [3.63, 3.8) is 0 Å². The molecule has 0 spiro atoms. The Balaban J connectivity index is 1.25. The first-order valence-corrected chi connectivity index (χ1v) is 14.1. The van der Waals surface area contributed by atoms with E-state index in [9.17, 15) is 24.3 Å². The Kier molecular flexibility index (Phi) is 6.17. The van der Waals surface area contributed by atoms with Gasteiger partial charge in [-0.15, -0.1) is 0 Å². The summed E-state index contributed by atoms with van der Waals surface area (Å²) < 4.78 is 11.4. The predicted molar refractivity (Wildman–Crippen MR) is 148 cm³/mol. The van der Waals surface area contributed by atoms with Crippen LogP contribution in [0.3, 0.4) is 0 Å². The van der Waals surface area contributed by atoms with Crippen molar-refractivity contribution < 1.29 is 33.4 Å². The van der Waals surface area contributed by atoms with E-state index in [0.717, 1.165) is 24.4 Å². The molecular weight excluding hydrogens is 524 g/mol. The zero-order valence-electron chi connectivity index (χ0n) is 22.7. The molecule has 0 saturated carbocycles. The standard InChI is InChI=1S/C32H30N2O7/c1-17-14-25(36)24-15-23-21(28(29(24)30(17)37)26-9-6-20(16-35)41-26)7-8-22-27(23)32(39)34(31(22)38)19-4-2-18(3-5-19)33-10-12-40-13-11-33/h2-7,9,14,22-23,27-28,35H,8,10-13,15-16H2,1H3. The van der Waals surface area contributed by atoms with Crippen LogP contribution in [-0.4, -0.2) is 54.8 Å². The molecule has 2 amide bonds. The maximum atomic E-state index is 14.1. The topological polar surface area (TPSA) is 117 Å². The van der Waals surface area contributed by atoms with Crippen LogP contribution in [0.25, 0.3) is 0 Å². The van der Waals surface area contributed by atoms with Crippen molar-refractivity contribution in [3.8, 4) is 0 Å². The fourth-order valence-corrected chi connectivity index (χ4v) is 7.21. The van der Waals surface area contributed by atoms with Crippen LogP contribution < -0.4 is 9.80 Å². The van der Waals surface area contributed by atoms with Crippen LogP contribution in [0.1, 0.15) is 37.2 Å². The summed E-state index contributed by atoms with van der Waals surface area (Å²) >= 11 is 0. The molecule has 41 heavy (non-hydrogen) atoms. The number of anilines is 2. The second-order valence-electron chi connectivity index (χ2n) is 11.3. The lowest BCUT2D eigenvalue weighted by atomic mass is 9.60. The largest absolute Gasteiger partial charge is 0.463 e. The molecule has 3 heterocycles. The number of carbonyl (C=O) groups is 4. The molecule has 9 nitrogen and oxygen atoms in total. The Labute approximate surface area is 236 Å². The molecule has 0 radical (unpaired) electrons. The number of furan rings is 1. The van der Waals surface area contributed by atoms with Gasteiger partial charge >= 0.3 is 0 Å². The second kappa shape index (κ2) is 9.78. The number of allylic oxidation sites excluding steroid dienone is 6. The van der Waals surface area contributed by atoms with Crippen LogP contribution in [0.2, 0.25) is 0 Å². The third-order valence-corrected chi connectivity index (χ3v) is 9.17. The fraction of sp³-hybridized carbons (Fsp3) is 0.375. The van der Waals surface area contributed by atoms with Gasteiger partial charge in [-0.05, 0) is 68.2 Å². The number of ether oxygens (including phenoxy) is 1.